The van der Waals surface area contributed by atoms with Gasteiger partial charge in [-0.1, -0.05) is 0 Å². The van der Waals surface area contributed by atoms with Crippen LogP contribution in [-0.4, -0.2) is 56.8 Å². The third kappa shape index (κ3) is 7.05. The van der Waals surface area contributed by atoms with E-state index in [1.54, 1.807) is 7.11 Å². The molecule has 0 atom stereocenters. The molecule has 0 aliphatic carbocycles. The molecule has 4 heteroatoms. The quantitative estimate of drug-likeness (QED) is 0.644. The summed E-state index contributed by atoms with van der Waals surface area (Å²) < 4.78 is 4.97. The van der Waals surface area contributed by atoms with Gasteiger partial charge in [0.05, 0.1) is 6.61 Å². The van der Waals surface area contributed by atoms with Crippen LogP contribution >= 0.6 is 0 Å². The van der Waals surface area contributed by atoms with Crippen LogP contribution in [0.25, 0.3) is 0 Å². The van der Waals surface area contributed by atoms with Crippen molar-refractivity contribution in [3.63, 3.8) is 0 Å². The first-order valence-corrected chi connectivity index (χ1v) is 6.10. The Hall–Kier alpha value is -0.970. The molecule has 0 radical (unpaired) electrons. The zero-order valence-electron chi connectivity index (χ0n) is 10.9. The Balaban J connectivity index is 2.03. The molecule has 0 saturated carbocycles. The molecule has 0 aliphatic rings. The monoisotopic (exact) mass is 237 g/mol. The van der Waals surface area contributed by atoms with Crippen molar-refractivity contribution in [2.45, 2.75) is 6.42 Å². The van der Waals surface area contributed by atoms with Crippen LogP contribution in [0.15, 0.2) is 24.5 Å². The predicted octanol–water partition coefficient (Wildman–Crippen LogP) is 0.792. The maximum Gasteiger partial charge on any atom is 0.0587 e. The number of hydrogen-bond donors (Lipinski definition) is 1. The molecule has 0 saturated heterocycles. The number of nitrogens with zero attached hydrogens (tertiary/aromatic N) is 2. The highest BCUT2D eigenvalue weighted by Crippen LogP contribution is 1.98. The standard InChI is InChI=1S/C13H23N3O/c1-16(11-8-15-9-12-17-2)10-5-13-3-6-14-7-4-13/h3-4,6-7,15H,5,8-12H2,1-2H3. The lowest BCUT2D eigenvalue weighted by Crippen LogP contribution is -2.32. The number of rotatable bonds is 9. The van der Waals surface area contributed by atoms with E-state index in [2.05, 4.69) is 34.4 Å². The Labute approximate surface area is 104 Å². The van der Waals surface area contributed by atoms with Crippen LogP contribution in [0.1, 0.15) is 5.56 Å². The molecular weight excluding hydrogens is 214 g/mol. The summed E-state index contributed by atoms with van der Waals surface area (Å²) in [6.45, 7) is 4.86. The van der Waals surface area contributed by atoms with Gasteiger partial charge in [-0.3, -0.25) is 4.98 Å². The summed E-state index contributed by atoms with van der Waals surface area (Å²) in [5, 5.41) is 3.34. The molecule has 17 heavy (non-hydrogen) atoms. The van der Waals surface area contributed by atoms with Gasteiger partial charge in [-0.15, -0.1) is 0 Å². The van der Waals surface area contributed by atoms with Crippen LogP contribution in [0.4, 0.5) is 0 Å². The molecule has 1 rings (SSSR count). The van der Waals surface area contributed by atoms with E-state index in [4.69, 9.17) is 4.74 Å². The van der Waals surface area contributed by atoms with Gasteiger partial charge >= 0.3 is 0 Å². The summed E-state index contributed by atoms with van der Waals surface area (Å²) in [5.41, 5.74) is 1.35. The Morgan fingerprint density at radius 2 is 2.00 bits per heavy atom. The lowest BCUT2D eigenvalue weighted by Gasteiger charge is -2.16. The minimum absolute atomic E-state index is 0.779. The molecule has 1 aromatic heterocycles. The first-order valence-electron chi connectivity index (χ1n) is 6.10. The van der Waals surface area contributed by atoms with Crippen molar-refractivity contribution in [1.29, 1.82) is 0 Å². The smallest absolute Gasteiger partial charge is 0.0587 e. The molecule has 96 valence electrons. The Bertz CT molecular complexity index is 279. The predicted molar refractivity (Wildman–Crippen MR) is 70.2 cm³/mol. The van der Waals surface area contributed by atoms with E-state index in [-0.39, 0.29) is 0 Å². The molecule has 0 amide bonds. The van der Waals surface area contributed by atoms with Gasteiger partial charge in [-0.25, -0.2) is 0 Å². The molecule has 0 fully saturated rings. The van der Waals surface area contributed by atoms with Crippen molar-refractivity contribution >= 4 is 0 Å². The highest BCUT2D eigenvalue weighted by molar-refractivity contribution is 5.09. The van der Waals surface area contributed by atoms with E-state index in [1.165, 1.54) is 5.56 Å². The van der Waals surface area contributed by atoms with E-state index in [1.807, 2.05) is 12.4 Å². The summed E-state index contributed by atoms with van der Waals surface area (Å²) in [4.78, 5) is 6.35. The van der Waals surface area contributed by atoms with Gasteiger partial charge in [0.1, 0.15) is 0 Å². The van der Waals surface area contributed by atoms with Crippen molar-refractivity contribution in [2.75, 3.05) is 46.9 Å². The van der Waals surface area contributed by atoms with Crippen LogP contribution in [-0.2, 0) is 11.2 Å². The zero-order chi connectivity index (χ0) is 12.3. The van der Waals surface area contributed by atoms with Gasteiger partial charge in [0, 0.05) is 45.7 Å². The molecule has 0 spiro atoms. The average molecular weight is 237 g/mol. The van der Waals surface area contributed by atoms with Gasteiger partial charge in [0.25, 0.3) is 0 Å². The molecule has 0 bridgehead atoms. The highest BCUT2D eigenvalue weighted by atomic mass is 16.5. The summed E-state index contributed by atoms with van der Waals surface area (Å²) in [5.74, 6) is 0. The Morgan fingerprint density at radius 3 is 2.71 bits per heavy atom. The second-order valence-electron chi connectivity index (χ2n) is 4.15. The lowest BCUT2D eigenvalue weighted by molar-refractivity contribution is 0.198. The molecule has 1 aromatic rings. The van der Waals surface area contributed by atoms with Crippen LogP contribution in [0.5, 0.6) is 0 Å². The summed E-state index contributed by atoms with van der Waals surface area (Å²) in [7, 11) is 3.88. The fourth-order valence-electron chi connectivity index (χ4n) is 1.55. The van der Waals surface area contributed by atoms with Crippen molar-refractivity contribution < 1.29 is 4.74 Å². The third-order valence-corrected chi connectivity index (χ3v) is 2.68. The number of ether oxygens (including phenoxy) is 1. The Morgan fingerprint density at radius 1 is 1.24 bits per heavy atom. The van der Waals surface area contributed by atoms with E-state index in [0.717, 1.165) is 39.2 Å². The number of nitrogens with one attached hydrogen (secondary N) is 1. The van der Waals surface area contributed by atoms with Gasteiger partial charge in [0.15, 0.2) is 0 Å². The summed E-state index contributed by atoms with van der Waals surface area (Å²) in [6, 6.07) is 4.15. The number of likely N-dealkylation sites (N-methyl/N-ethyl adjacent to an activating group) is 1. The number of hydrogen-bond acceptors (Lipinski definition) is 4. The zero-order valence-corrected chi connectivity index (χ0v) is 10.9. The molecule has 1 N–H and O–H groups in total. The second-order valence-corrected chi connectivity index (χ2v) is 4.15. The second kappa shape index (κ2) is 9.10. The van der Waals surface area contributed by atoms with Crippen LogP contribution in [0.3, 0.4) is 0 Å². The molecule has 0 aliphatic heterocycles. The highest BCUT2D eigenvalue weighted by Gasteiger charge is 1.98. The molecule has 1 heterocycles. The fourth-order valence-corrected chi connectivity index (χ4v) is 1.55. The van der Waals surface area contributed by atoms with Crippen molar-refractivity contribution in [1.82, 2.24) is 15.2 Å². The number of methoxy groups -OCH3 is 1. The van der Waals surface area contributed by atoms with Crippen LogP contribution in [0, 0.1) is 0 Å². The van der Waals surface area contributed by atoms with Crippen molar-refractivity contribution in [2.24, 2.45) is 0 Å². The van der Waals surface area contributed by atoms with Gasteiger partial charge in [-0.05, 0) is 31.2 Å². The molecular formula is C13H23N3O. The first kappa shape index (κ1) is 14.1. The maximum absolute atomic E-state index is 4.97. The van der Waals surface area contributed by atoms with Crippen LogP contribution in [0.2, 0.25) is 0 Å². The minimum Gasteiger partial charge on any atom is -0.383 e. The van der Waals surface area contributed by atoms with Gasteiger partial charge < -0.3 is 15.0 Å². The Kier molecular flexibility index (Phi) is 7.54. The summed E-state index contributed by atoms with van der Waals surface area (Å²) in [6.07, 6.45) is 4.78. The average Bonchev–Trinajstić information content (AvgIpc) is 2.37. The maximum atomic E-state index is 4.97. The fraction of sp³-hybridized carbons (Fsp3) is 0.615. The van der Waals surface area contributed by atoms with E-state index < -0.39 is 0 Å². The lowest BCUT2D eigenvalue weighted by atomic mass is 10.2. The first-order chi connectivity index (χ1) is 8.33. The largest absolute Gasteiger partial charge is 0.383 e. The minimum atomic E-state index is 0.779. The molecule has 4 nitrogen and oxygen atoms in total. The molecule has 0 aromatic carbocycles. The number of aromatic nitrogens is 1. The van der Waals surface area contributed by atoms with Crippen molar-refractivity contribution in [3.05, 3.63) is 30.1 Å². The number of pyridine rings is 1. The van der Waals surface area contributed by atoms with E-state index in [0.29, 0.717) is 0 Å². The SMILES string of the molecule is COCCNCCN(C)CCc1ccncc1. The third-order valence-electron chi connectivity index (χ3n) is 2.68. The van der Waals surface area contributed by atoms with Gasteiger partial charge in [-0.2, -0.15) is 0 Å². The van der Waals surface area contributed by atoms with Gasteiger partial charge in [0.2, 0.25) is 0 Å². The normalized spacial score (nSPS) is 11.0. The van der Waals surface area contributed by atoms with Crippen LogP contribution < -0.4 is 5.32 Å². The van der Waals surface area contributed by atoms with E-state index >= 15 is 0 Å². The van der Waals surface area contributed by atoms with E-state index in [9.17, 15) is 0 Å². The summed E-state index contributed by atoms with van der Waals surface area (Å²) >= 11 is 0. The topological polar surface area (TPSA) is 37.4 Å². The molecule has 0 unspecified atom stereocenters. The van der Waals surface area contributed by atoms with Crippen molar-refractivity contribution in [3.8, 4) is 0 Å².